The zero-order chi connectivity index (χ0) is 10.9. The molecule has 0 saturated heterocycles. The van der Waals surface area contributed by atoms with Crippen LogP contribution in [-0.4, -0.2) is 33.7 Å². The van der Waals surface area contributed by atoms with Crippen molar-refractivity contribution in [2.24, 2.45) is 0 Å². The Morgan fingerprint density at radius 3 is 1.54 bits per heavy atom. The topological polar surface area (TPSA) is 104 Å². The van der Waals surface area contributed by atoms with Crippen LogP contribution in [0.4, 0.5) is 9.59 Å². The summed E-state index contributed by atoms with van der Waals surface area (Å²) in [6.07, 6.45) is -1.63. The van der Waals surface area contributed by atoms with E-state index in [4.69, 9.17) is 20.1 Å². The van der Waals surface area contributed by atoms with Gasteiger partial charge in [-0.25, -0.2) is 9.59 Å². The molecule has 0 fully saturated rings. The number of hydrogen-bond donors (Lipinski definition) is 3. The fraction of sp³-hybridized carbons (Fsp3) is 0.714. The van der Waals surface area contributed by atoms with Crippen LogP contribution in [-0.2, 0) is 4.74 Å². The highest BCUT2D eigenvalue weighted by molar-refractivity contribution is 5.57. The molecule has 0 spiro atoms. The Balaban J connectivity index is 0. The molecule has 0 aliphatic heterocycles. The molecular weight excluding hydrogens is 180 g/mol. The predicted octanol–water partition coefficient (Wildman–Crippen LogP) is 2.09. The van der Waals surface area contributed by atoms with Gasteiger partial charge >= 0.3 is 12.3 Å². The summed E-state index contributed by atoms with van der Waals surface area (Å²) in [7, 11) is 0. The van der Waals surface area contributed by atoms with Crippen molar-refractivity contribution in [1.82, 2.24) is 0 Å². The third kappa shape index (κ3) is 18.0. The number of rotatable bonds is 3. The Morgan fingerprint density at radius 1 is 1.15 bits per heavy atom. The van der Waals surface area contributed by atoms with Gasteiger partial charge in [-0.1, -0.05) is 13.8 Å². The van der Waals surface area contributed by atoms with Crippen molar-refractivity contribution < 1.29 is 29.6 Å². The quantitative estimate of drug-likeness (QED) is 0.594. The van der Waals surface area contributed by atoms with E-state index in [0.29, 0.717) is 0 Å². The van der Waals surface area contributed by atoms with Crippen molar-refractivity contribution in [3.63, 3.8) is 0 Å². The lowest BCUT2D eigenvalue weighted by molar-refractivity contribution is 0.0486. The number of carboxylic acid groups (broad SMARTS) is 3. The zero-order valence-electron chi connectivity index (χ0n) is 7.56. The summed E-state index contributed by atoms with van der Waals surface area (Å²) in [5.74, 6) is 0. The molecule has 0 aromatic rings. The second-order valence-electron chi connectivity index (χ2n) is 2.10. The minimum Gasteiger partial charge on any atom is -0.450 e. The average Bonchev–Trinajstić information content (AvgIpc) is 1.98. The van der Waals surface area contributed by atoms with Crippen LogP contribution in [0, 0.1) is 0 Å². The highest BCUT2D eigenvalue weighted by Gasteiger charge is 2.06. The van der Waals surface area contributed by atoms with Gasteiger partial charge in [0.2, 0.25) is 0 Å². The fourth-order valence-electron chi connectivity index (χ4n) is 0.598. The van der Waals surface area contributed by atoms with Crippen molar-refractivity contribution in [2.45, 2.75) is 32.8 Å². The molecule has 0 heterocycles. The maximum atomic E-state index is 9.91. The zero-order valence-corrected chi connectivity index (χ0v) is 7.56. The summed E-state index contributed by atoms with van der Waals surface area (Å²) in [6, 6.07) is 0. The molecule has 6 nitrogen and oxygen atoms in total. The molecule has 0 amide bonds. The standard InChI is InChI=1S/C6H12O3.CH2O3/c1-3-5(4-2)9-6(7)8;2-1(3)4/h5H,3-4H2,1-2H3,(H,7,8);(H2,2,3,4). The smallest absolute Gasteiger partial charge is 0.450 e. The second kappa shape index (κ2) is 8.63. The predicted molar refractivity (Wildman–Crippen MR) is 44.1 cm³/mol. The van der Waals surface area contributed by atoms with Crippen molar-refractivity contribution in [2.75, 3.05) is 0 Å². The molecule has 13 heavy (non-hydrogen) atoms. The number of ether oxygens (including phenoxy) is 1. The fourth-order valence-corrected chi connectivity index (χ4v) is 0.598. The summed E-state index contributed by atoms with van der Waals surface area (Å²) in [5.41, 5.74) is 0. The molecule has 0 aromatic carbocycles. The Bertz CT molecular complexity index is 147. The molecule has 6 heteroatoms. The first-order chi connectivity index (χ1) is 5.93. The van der Waals surface area contributed by atoms with Crippen LogP contribution in [0.5, 0.6) is 0 Å². The number of hydrogen-bond acceptors (Lipinski definition) is 3. The van der Waals surface area contributed by atoms with E-state index in [1.807, 2.05) is 13.8 Å². The monoisotopic (exact) mass is 194 g/mol. The number of carbonyl (C=O) groups is 2. The third-order valence-electron chi connectivity index (χ3n) is 1.18. The maximum Gasteiger partial charge on any atom is 0.506 e. The van der Waals surface area contributed by atoms with Crippen molar-refractivity contribution in [3.8, 4) is 0 Å². The first-order valence-electron chi connectivity index (χ1n) is 3.75. The van der Waals surface area contributed by atoms with E-state index in [2.05, 4.69) is 4.74 Å². The van der Waals surface area contributed by atoms with Gasteiger partial charge in [0.25, 0.3) is 0 Å². The van der Waals surface area contributed by atoms with E-state index in [1.54, 1.807) is 0 Å². The molecular formula is C7H14O6. The molecule has 0 saturated carbocycles. The van der Waals surface area contributed by atoms with Gasteiger partial charge in [0.15, 0.2) is 0 Å². The summed E-state index contributed by atoms with van der Waals surface area (Å²) in [4.78, 5) is 18.5. The van der Waals surface area contributed by atoms with Gasteiger partial charge in [0.05, 0.1) is 0 Å². The van der Waals surface area contributed by atoms with Crippen molar-refractivity contribution in [1.29, 1.82) is 0 Å². The molecule has 3 N–H and O–H groups in total. The van der Waals surface area contributed by atoms with E-state index in [1.165, 1.54) is 0 Å². The molecule has 78 valence electrons. The van der Waals surface area contributed by atoms with Gasteiger partial charge < -0.3 is 20.1 Å². The molecule has 0 aliphatic carbocycles. The third-order valence-corrected chi connectivity index (χ3v) is 1.18. The van der Waals surface area contributed by atoms with Crippen molar-refractivity contribution >= 4 is 12.3 Å². The second-order valence-corrected chi connectivity index (χ2v) is 2.10. The van der Waals surface area contributed by atoms with E-state index in [-0.39, 0.29) is 6.10 Å². The lowest BCUT2D eigenvalue weighted by atomic mass is 10.2. The maximum absolute atomic E-state index is 9.91. The molecule has 0 rings (SSSR count). The lowest BCUT2D eigenvalue weighted by Gasteiger charge is -2.09. The summed E-state index contributed by atoms with van der Waals surface area (Å²) in [5, 5.41) is 22.1. The highest BCUT2D eigenvalue weighted by atomic mass is 16.7. The van der Waals surface area contributed by atoms with Gasteiger partial charge in [0.1, 0.15) is 6.10 Å². The van der Waals surface area contributed by atoms with Gasteiger partial charge in [-0.05, 0) is 12.8 Å². The first kappa shape index (κ1) is 14.1. The van der Waals surface area contributed by atoms with E-state index in [0.717, 1.165) is 12.8 Å². The van der Waals surface area contributed by atoms with Crippen LogP contribution in [0.25, 0.3) is 0 Å². The summed E-state index contributed by atoms with van der Waals surface area (Å²) >= 11 is 0. The molecule has 0 aliphatic rings. The normalized spacial score (nSPS) is 8.54. The summed E-state index contributed by atoms with van der Waals surface area (Å²) in [6.45, 7) is 3.80. The van der Waals surface area contributed by atoms with Crippen LogP contribution in [0.15, 0.2) is 0 Å². The molecule has 0 aromatic heterocycles. The Morgan fingerprint density at radius 2 is 1.46 bits per heavy atom. The van der Waals surface area contributed by atoms with Gasteiger partial charge in [-0.2, -0.15) is 0 Å². The van der Waals surface area contributed by atoms with Gasteiger partial charge in [0, 0.05) is 0 Å². The van der Waals surface area contributed by atoms with Crippen LogP contribution in [0.2, 0.25) is 0 Å². The Hall–Kier alpha value is -1.46. The first-order valence-corrected chi connectivity index (χ1v) is 3.75. The summed E-state index contributed by atoms with van der Waals surface area (Å²) < 4.78 is 4.47. The van der Waals surface area contributed by atoms with Crippen LogP contribution >= 0.6 is 0 Å². The van der Waals surface area contributed by atoms with E-state index in [9.17, 15) is 4.79 Å². The van der Waals surface area contributed by atoms with Crippen LogP contribution in [0.3, 0.4) is 0 Å². The minimum absolute atomic E-state index is 0.123. The molecule has 0 atom stereocenters. The van der Waals surface area contributed by atoms with E-state index >= 15 is 0 Å². The molecule has 0 unspecified atom stereocenters. The Labute approximate surface area is 75.8 Å². The van der Waals surface area contributed by atoms with Crippen LogP contribution in [0.1, 0.15) is 26.7 Å². The van der Waals surface area contributed by atoms with Gasteiger partial charge in [-0.15, -0.1) is 0 Å². The average molecular weight is 194 g/mol. The molecule has 0 radical (unpaired) electrons. The van der Waals surface area contributed by atoms with Gasteiger partial charge in [-0.3, -0.25) is 0 Å². The van der Waals surface area contributed by atoms with Crippen molar-refractivity contribution in [3.05, 3.63) is 0 Å². The highest BCUT2D eigenvalue weighted by Crippen LogP contribution is 2.01. The SMILES string of the molecule is CCC(CC)OC(=O)O.O=C(O)O. The minimum atomic E-state index is -1.83. The Kier molecular flexibility index (Phi) is 9.36. The lowest BCUT2D eigenvalue weighted by Crippen LogP contribution is -2.14. The molecule has 0 bridgehead atoms. The largest absolute Gasteiger partial charge is 0.506 e. The van der Waals surface area contributed by atoms with Crippen LogP contribution < -0.4 is 0 Å². The van der Waals surface area contributed by atoms with E-state index < -0.39 is 12.3 Å².